The number of amides is 3. The van der Waals surface area contributed by atoms with Gasteiger partial charge in [0.2, 0.25) is 5.91 Å². The summed E-state index contributed by atoms with van der Waals surface area (Å²) in [6.07, 6.45) is 7.11. The van der Waals surface area contributed by atoms with Crippen LogP contribution in [0.25, 0.3) is 33.6 Å². The Morgan fingerprint density at radius 3 is 1.66 bits per heavy atom. The van der Waals surface area contributed by atoms with Gasteiger partial charge in [0.05, 0.1) is 35.9 Å². The molecule has 1 aliphatic carbocycles. The van der Waals surface area contributed by atoms with E-state index in [1.54, 1.807) is 4.90 Å². The van der Waals surface area contributed by atoms with E-state index in [2.05, 4.69) is 94.4 Å². The number of hydrogen-bond donors (Lipinski definition) is 3. The number of nitrogens with two attached hydrogens (primary N) is 1. The van der Waals surface area contributed by atoms with Crippen LogP contribution in [-0.2, 0) is 14.3 Å². The average molecular weight is 755 g/mol. The zero-order valence-electron chi connectivity index (χ0n) is 32.1. The molecular formula is C44H50N8O4. The fourth-order valence-corrected chi connectivity index (χ4v) is 8.55. The highest BCUT2D eigenvalue weighted by atomic mass is 16.6. The molecule has 0 unspecified atom stereocenters. The molecule has 12 nitrogen and oxygen atoms in total. The number of rotatable bonds is 13. The molecule has 290 valence electrons. The van der Waals surface area contributed by atoms with Crippen LogP contribution < -0.4 is 5.73 Å². The Bertz CT molecular complexity index is 2140. The molecule has 8 rings (SSSR count). The predicted molar refractivity (Wildman–Crippen MR) is 214 cm³/mol. The molecule has 2 aliphatic heterocycles. The van der Waals surface area contributed by atoms with Crippen LogP contribution >= 0.6 is 0 Å². The van der Waals surface area contributed by atoms with E-state index in [4.69, 9.17) is 15.5 Å². The third-order valence-electron chi connectivity index (χ3n) is 11.7. The maximum atomic E-state index is 14.2. The standard InChI is InChI=1S/C44H50N8O4/c1-3-50(4-2)38(32-10-6-5-7-11-32)42(53)51-24-8-12-36(51)40-46-26-34(48-40)30-18-14-28(15-19-30)29-16-20-31(21-17-29)35-27-47-41(49-35)37-13-9-25-52(37)43(54)39(33-22-23-33)56-44(45)55/h5-7,10-11,14-21,26-27,33,36-39H,3-4,8-9,12-13,22-25H2,1-2H3,(H2,45,55)(H,46,48)(H,47,49)/t36-,37-,38+,39-/m0/s1. The number of nitrogens with one attached hydrogen (secondary N) is 2. The molecule has 0 radical (unpaired) electrons. The number of H-pyrrole nitrogens is 2. The third kappa shape index (κ3) is 7.58. The van der Waals surface area contributed by atoms with Crippen molar-refractivity contribution in [2.24, 2.45) is 11.7 Å². The lowest BCUT2D eigenvalue weighted by molar-refractivity contribution is -0.142. The third-order valence-corrected chi connectivity index (χ3v) is 11.7. The van der Waals surface area contributed by atoms with Gasteiger partial charge in [0.15, 0.2) is 6.10 Å². The van der Waals surface area contributed by atoms with Gasteiger partial charge in [-0.3, -0.25) is 14.5 Å². The second-order valence-electron chi connectivity index (χ2n) is 15.1. The van der Waals surface area contributed by atoms with Crippen molar-refractivity contribution >= 4 is 17.9 Å². The summed E-state index contributed by atoms with van der Waals surface area (Å²) in [5.41, 5.74) is 12.3. The Labute approximate surface area is 327 Å². The quantitative estimate of drug-likeness (QED) is 0.113. The first-order valence-electron chi connectivity index (χ1n) is 20.0. The van der Waals surface area contributed by atoms with E-state index in [0.29, 0.717) is 6.54 Å². The first-order chi connectivity index (χ1) is 27.3. The van der Waals surface area contributed by atoms with Crippen LogP contribution in [-0.4, -0.2) is 84.8 Å². The lowest BCUT2D eigenvalue weighted by atomic mass is 10.0. The van der Waals surface area contributed by atoms with Crippen LogP contribution in [0, 0.1) is 5.92 Å². The Morgan fingerprint density at radius 2 is 1.20 bits per heavy atom. The second kappa shape index (κ2) is 16.2. The summed E-state index contributed by atoms with van der Waals surface area (Å²) in [5, 5.41) is 0. The van der Waals surface area contributed by atoms with E-state index in [1.165, 1.54) is 0 Å². The van der Waals surface area contributed by atoms with E-state index in [1.807, 2.05) is 35.5 Å². The molecule has 5 aromatic rings. The van der Waals surface area contributed by atoms with Crippen molar-refractivity contribution in [3.05, 3.63) is 108 Å². The van der Waals surface area contributed by atoms with Crippen molar-refractivity contribution in [3.8, 4) is 33.6 Å². The number of carbonyl (C=O) groups is 3. The summed E-state index contributed by atoms with van der Waals surface area (Å²) in [7, 11) is 0. The number of hydrogen-bond acceptors (Lipinski definition) is 7. The van der Waals surface area contributed by atoms with Crippen molar-refractivity contribution in [2.45, 2.75) is 76.6 Å². The van der Waals surface area contributed by atoms with Crippen molar-refractivity contribution < 1.29 is 19.1 Å². The first-order valence-corrected chi connectivity index (χ1v) is 20.0. The molecule has 12 heteroatoms. The zero-order valence-corrected chi connectivity index (χ0v) is 32.1. The normalized spacial score (nSPS) is 19.3. The summed E-state index contributed by atoms with van der Waals surface area (Å²) in [6, 6.07) is 26.2. The number of aromatic amines is 2. The molecule has 3 aliphatic rings. The highest BCUT2D eigenvalue weighted by molar-refractivity contribution is 5.85. The maximum Gasteiger partial charge on any atom is 0.405 e. The fourth-order valence-electron chi connectivity index (χ4n) is 8.55. The molecule has 3 fully saturated rings. The molecule has 0 bridgehead atoms. The Kier molecular flexibility index (Phi) is 10.7. The highest BCUT2D eigenvalue weighted by Crippen LogP contribution is 2.39. The van der Waals surface area contributed by atoms with E-state index < -0.39 is 12.2 Å². The molecule has 2 aromatic heterocycles. The minimum Gasteiger partial charge on any atom is -0.436 e. The molecule has 1 saturated carbocycles. The summed E-state index contributed by atoms with van der Waals surface area (Å²) in [6.45, 7) is 7.11. The Morgan fingerprint density at radius 1 is 0.714 bits per heavy atom. The molecule has 4 heterocycles. The van der Waals surface area contributed by atoms with Crippen LogP contribution in [0.15, 0.2) is 91.3 Å². The van der Waals surface area contributed by atoms with E-state index >= 15 is 0 Å². The Hall–Kier alpha value is -5.75. The van der Waals surface area contributed by atoms with E-state index in [0.717, 1.165) is 109 Å². The number of benzene rings is 3. The molecule has 56 heavy (non-hydrogen) atoms. The zero-order chi connectivity index (χ0) is 38.8. The number of ether oxygens (including phenoxy) is 1. The van der Waals surface area contributed by atoms with Gasteiger partial charge >= 0.3 is 6.09 Å². The summed E-state index contributed by atoms with van der Waals surface area (Å²) in [5.74, 6) is 1.53. The first kappa shape index (κ1) is 37.2. The smallest absolute Gasteiger partial charge is 0.405 e. The van der Waals surface area contributed by atoms with E-state index in [9.17, 15) is 14.4 Å². The predicted octanol–water partition coefficient (Wildman–Crippen LogP) is 7.42. The average Bonchev–Trinajstić information content (AvgIpc) is 3.70. The second-order valence-corrected chi connectivity index (χ2v) is 15.1. The molecule has 0 spiro atoms. The Balaban J connectivity index is 0.928. The monoisotopic (exact) mass is 754 g/mol. The van der Waals surface area contributed by atoms with Crippen LogP contribution in [0.2, 0.25) is 0 Å². The van der Waals surface area contributed by atoms with Gasteiger partial charge in [-0.25, -0.2) is 14.8 Å². The van der Waals surface area contributed by atoms with Gasteiger partial charge in [0, 0.05) is 19.0 Å². The number of carbonyl (C=O) groups excluding carboxylic acids is 3. The largest absolute Gasteiger partial charge is 0.436 e. The number of likely N-dealkylation sites (tertiary alicyclic amines) is 2. The van der Waals surface area contributed by atoms with Crippen LogP contribution in [0.1, 0.15) is 87.7 Å². The maximum absolute atomic E-state index is 14.2. The van der Waals surface area contributed by atoms with Gasteiger partial charge in [0.1, 0.15) is 17.7 Å². The van der Waals surface area contributed by atoms with Gasteiger partial charge < -0.3 is 30.2 Å². The van der Waals surface area contributed by atoms with Gasteiger partial charge in [-0.2, -0.15) is 0 Å². The van der Waals surface area contributed by atoms with Crippen molar-refractivity contribution in [1.82, 2.24) is 34.6 Å². The summed E-state index contributed by atoms with van der Waals surface area (Å²) >= 11 is 0. The molecule has 3 amide bonds. The number of primary amides is 1. The van der Waals surface area contributed by atoms with Gasteiger partial charge in [-0.15, -0.1) is 0 Å². The number of imidazole rings is 2. The van der Waals surface area contributed by atoms with Crippen molar-refractivity contribution in [1.29, 1.82) is 0 Å². The number of likely N-dealkylation sites (N-methyl/N-ethyl adjacent to an activating group) is 1. The molecule has 4 N–H and O–H groups in total. The lowest BCUT2D eigenvalue weighted by Gasteiger charge is -2.34. The molecule has 4 atom stereocenters. The summed E-state index contributed by atoms with van der Waals surface area (Å²) in [4.78, 5) is 61.6. The number of aromatic nitrogens is 4. The minimum absolute atomic E-state index is 0.0412. The van der Waals surface area contributed by atoms with Crippen LogP contribution in [0.4, 0.5) is 4.79 Å². The SMILES string of the molecule is CCN(CC)[C@@H](C(=O)N1CCC[C@H]1c1ncc(-c2ccc(-c3ccc(-c4cnc([C@@H]5CCCN5C(=O)[C@@H](OC(N)=O)C5CC5)[nH]4)cc3)cc2)[nH]1)c1ccccc1. The lowest BCUT2D eigenvalue weighted by Crippen LogP contribution is -2.43. The van der Waals surface area contributed by atoms with Gasteiger partial charge in [-0.1, -0.05) is 92.7 Å². The van der Waals surface area contributed by atoms with Crippen LogP contribution in [0.5, 0.6) is 0 Å². The minimum atomic E-state index is -0.914. The van der Waals surface area contributed by atoms with Crippen molar-refractivity contribution in [3.63, 3.8) is 0 Å². The molecular weight excluding hydrogens is 705 g/mol. The molecule has 3 aromatic carbocycles. The van der Waals surface area contributed by atoms with Gasteiger partial charge in [-0.05, 0) is 79.4 Å². The van der Waals surface area contributed by atoms with Crippen LogP contribution in [0.3, 0.4) is 0 Å². The fraction of sp³-hybridized carbons (Fsp3) is 0.386. The van der Waals surface area contributed by atoms with E-state index in [-0.39, 0.29) is 35.9 Å². The molecule has 2 saturated heterocycles. The topological polar surface area (TPSA) is 154 Å². The highest BCUT2D eigenvalue weighted by Gasteiger charge is 2.44. The van der Waals surface area contributed by atoms with Gasteiger partial charge in [0.25, 0.3) is 5.91 Å². The summed E-state index contributed by atoms with van der Waals surface area (Å²) < 4.78 is 5.24. The van der Waals surface area contributed by atoms with Crippen molar-refractivity contribution in [2.75, 3.05) is 26.2 Å². The number of nitrogens with zero attached hydrogens (tertiary/aromatic N) is 5.